The predicted molar refractivity (Wildman–Crippen MR) is 139 cm³/mol. The first kappa shape index (κ1) is 24.3. The minimum Gasteiger partial charge on any atom is -0.388 e. The second-order valence-electron chi connectivity index (χ2n) is 9.67. The van der Waals surface area contributed by atoms with Crippen LogP contribution >= 0.6 is 0 Å². The molecule has 0 radical (unpaired) electrons. The molecule has 32 heavy (non-hydrogen) atoms. The number of fused-ring (bicyclic) bond motifs is 1. The van der Waals surface area contributed by atoms with Gasteiger partial charge in [0.05, 0.1) is 6.10 Å². The first-order valence-electron chi connectivity index (χ1n) is 12.4. The fraction of sp³-hybridized carbons (Fsp3) is 0.419. The Hall–Kier alpha value is -2.38. The van der Waals surface area contributed by atoms with Gasteiger partial charge in [-0.15, -0.1) is 0 Å². The molecule has 0 heterocycles. The van der Waals surface area contributed by atoms with E-state index in [2.05, 4.69) is 93.6 Å². The third-order valence-corrected chi connectivity index (χ3v) is 6.77. The van der Waals surface area contributed by atoms with Crippen LogP contribution in [0.4, 0.5) is 0 Å². The van der Waals surface area contributed by atoms with Crippen LogP contribution in [-0.4, -0.2) is 5.11 Å². The lowest BCUT2D eigenvalue weighted by molar-refractivity contribution is 0.0882. The van der Waals surface area contributed by atoms with E-state index in [1.807, 2.05) is 13.8 Å². The van der Waals surface area contributed by atoms with E-state index < -0.39 is 0 Å². The van der Waals surface area contributed by atoms with Gasteiger partial charge in [-0.05, 0) is 64.0 Å². The number of unbranched alkanes of at least 4 members (excludes halogenated alkanes) is 1. The molecule has 2 atom stereocenters. The highest BCUT2D eigenvalue weighted by Gasteiger charge is 2.36. The zero-order valence-corrected chi connectivity index (χ0v) is 20.6. The van der Waals surface area contributed by atoms with Crippen molar-refractivity contribution in [3.05, 3.63) is 83.9 Å². The van der Waals surface area contributed by atoms with E-state index in [9.17, 15) is 5.11 Å². The molecular formula is C31H40O. The van der Waals surface area contributed by atoms with Crippen molar-refractivity contribution < 1.29 is 5.11 Å². The molecule has 0 aromatic heterocycles. The summed E-state index contributed by atoms with van der Waals surface area (Å²) in [5, 5.41) is 11.2. The van der Waals surface area contributed by atoms with E-state index in [0.29, 0.717) is 5.92 Å². The molecular weight excluding hydrogens is 388 g/mol. The van der Waals surface area contributed by atoms with Gasteiger partial charge in [0.2, 0.25) is 0 Å². The summed E-state index contributed by atoms with van der Waals surface area (Å²) >= 11 is 0. The van der Waals surface area contributed by atoms with E-state index in [1.54, 1.807) is 0 Å². The smallest absolute Gasteiger partial charge is 0.0824 e. The van der Waals surface area contributed by atoms with Crippen LogP contribution in [0.2, 0.25) is 0 Å². The highest BCUT2D eigenvalue weighted by atomic mass is 16.3. The Labute approximate surface area is 195 Å². The van der Waals surface area contributed by atoms with Gasteiger partial charge in [0.25, 0.3) is 0 Å². The molecule has 1 aliphatic carbocycles. The molecule has 3 aromatic rings. The molecule has 0 amide bonds. The summed E-state index contributed by atoms with van der Waals surface area (Å²) in [4.78, 5) is 0. The average molecular weight is 429 g/mol. The lowest BCUT2D eigenvalue weighted by atomic mass is 9.77. The summed E-state index contributed by atoms with van der Waals surface area (Å²) < 4.78 is 0. The number of rotatable bonds is 7. The van der Waals surface area contributed by atoms with Crippen LogP contribution in [0, 0.1) is 11.3 Å². The normalized spacial score (nSPS) is 17.4. The first-order chi connectivity index (χ1) is 15.5. The molecule has 0 bridgehead atoms. The predicted octanol–water partition coefficient (Wildman–Crippen LogP) is 8.86. The van der Waals surface area contributed by atoms with Gasteiger partial charge in [0.1, 0.15) is 0 Å². The minimum absolute atomic E-state index is 0.270. The SMILES string of the molecule is CC.CCCCC(C)(C)CC1Cc2c(-c3ccccc3-c3ccccc3)cccc2C1O. The van der Waals surface area contributed by atoms with Crippen LogP contribution in [0.1, 0.15) is 77.5 Å². The molecule has 1 heteroatoms. The van der Waals surface area contributed by atoms with Gasteiger partial charge < -0.3 is 5.11 Å². The molecule has 4 rings (SSSR count). The Bertz CT molecular complexity index is 986. The number of aliphatic hydroxyl groups is 1. The van der Waals surface area contributed by atoms with Gasteiger partial charge >= 0.3 is 0 Å². The fourth-order valence-electron chi connectivity index (χ4n) is 5.23. The van der Waals surface area contributed by atoms with Crippen LogP contribution in [0.3, 0.4) is 0 Å². The van der Waals surface area contributed by atoms with Crippen molar-refractivity contribution in [3.8, 4) is 22.3 Å². The maximum Gasteiger partial charge on any atom is 0.0824 e. The van der Waals surface area contributed by atoms with E-state index in [0.717, 1.165) is 18.4 Å². The Balaban J connectivity index is 0.00000141. The van der Waals surface area contributed by atoms with Crippen molar-refractivity contribution in [1.82, 2.24) is 0 Å². The highest BCUT2D eigenvalue weighted by Crippen LogP contribution is 2.47. The van der Waals surface area contributed by atoms with E-state index in [4.69, 9.17) is 0 Å². The standard InChI is InChI=1S/C29H34O.C2H6/c1-4-5-18-29(2,3)20-22-19-27-25(16-11-17-26(27)28(22)30)24-15-10-9-14-23(24)21-12-7-6-8-13-21;1-2/h6-17,22,28,30H,4-5,18-20H2,1-3H3;1-2H3. The number of hydrogen-bond acceptors (Lipinski definition) is 1. The third kappa shape index (κ3) is 5.33. The monoisotopic (exact) mass is 428 g/mol. The highest BCUT2D eigenvalue weighted by molar-refractivity contribution is 5.85. The molecule has 1 aliphatic rings. The second kappa shape index (κ2) is 11.0. The fourth-order valence-corrected chi connectivity index (χ4v) is 5.23. The Kier molecular flexibility index (Phi) is 8.32. The van der Waals surface area contributed by atoms with Crippen LogP contribution in [0.15, 0.2) is 72.8 Å². The molecule has 1 nitrogen and oxygen atoms in total. The Morgan fingerprint density at radius 3 is 2.12 bits per heavy atom. The summed E-state index contributed by atoms with van der Waals surface area (Å²) in [5.41, 5.74) is 7.77. The van der Waals surface area contributed by atoms with Gasteiger partial charge in [-0.25, -0.2) is 0 Å². The van der Waals surface area contributed by atoms with Crippen LogP contribution in [0.5, 0.6) is 0 Å². The van der Waals surface area contributed by atoms with Crippen molar-refractivity contribution in [1.29, 1.82) is 0 Å². The molecule has 0 aliphatic heterocycles. The van der Waals surface area contributed by atoms with Gasteiger partial charge in [-0.1, -0.05) is 120 Å². The Morgan fingerprint density at radius 2 is 1.44 bits per heavy atom. The number of benzene rings is 3. The first-order valence-corrected chi connectivity index (χ1v) is 12.4. The van der Waals surface area contributed by atoms with Crippen molar-refractivity contribution in [2.45, 2.75) is 72.8 Å². The summed E-state index contributed by atoms with van der Waals surface area (Å²) in [5.74, 6) is 0.303. The Morgan fingerprint density at radius 1 is 0.812 bits per heavy atom. The van der Waals surface area contributed by atoms with Crippen LogP contribution in [-0.2, 0) is 6.42 Å². The molecule has 0 saturated heterocycles. The third-order valence-electron chi connectivity index (χ3n) is 6.77. The topological polar surface area (TPSA) is 20.2 Å². The number of aliphatic hydroxyl groups excluding tert-OH is 1. The molecule has 170 valence electrons. The lowest BCUT2D eigenvalue weighted by Crippen LogP contribution is -2.20. The maximum absolute atomic E-state index is 11.2. The van der Waals surface area contributed by atoms with Gasteiger partial charge in [-0.2, -0.15) is 0 Å². The average Bonchev–Trinajstić information content (AvgIpc) is 3.14. The largest absolute Gasteiger partial charge is 0.388 e. The van der Waals surface area contributed by atoms with E-state index in [1.165, 1.54) is 47.1 Å². The second-order valence-corrected chi connectivity index (χ2v) is 9.67. The molecule has 0 fully saturated rings. The zero-order valence-electron chi connectivity index (χ0n) is 20.6. The summed E-state index contributed by atoms with van der Waals surface area (Å²) in [6.45, 7) is 11.0. The zero-order chi connectivity index (χ0) is 23.1. The van der Waals surface area contributed by atoms with Crippen LogP contribution in [0.25, 0.3) is 22.3 Å². The van der Waals surface area contributed by atoms with Gasteiger partial charge in [0.15, 0.2) is 0 Å². The quantitative estimate of drug-likeness (QED) is 0.398. The summed E-state index contributed by atoms with van der Waals surface area (Å²) in [7, 11) is 0. The lowest BCUT2D eigenvalue weighted by Gasteiger charge is -2.29. The van der Waals surface area contributed by atoms with E-state index in [-0.39, 0.29) is 11.5 Å². The number of hydrogen-bond donors (Lipinski definition) is 1. The summed E-state index contributed by atoms with van der Waals surface area (Å²) in [6.07, 6.45) is 5.40. The van der Waals surface area contributed by atoms with Crippen molar-refractivity contribution in [3.63, 3.8) is 0 Å². The molecule has 2 unspecified atom stereocenters. The van der Waals surface area contributed by atoms with Gasteiger partial charge in [0, 0.05) is 0 Å². The van der Waals surface area contributed by atoms with Gasteiger partial charge in [-0.3, -0.25) is 0 Å². The van der Waals surface area contributed by atoms with Crippen molar-refractivity contribution in [2.75, 3.05) is 0 Å². The van der Waals surface area contributed by atoms with E-state index >= 15 is 0 Å². The molecule has 0 spiro atoms. The summed E-state index contributed by atoms with van der Waals surface area (Å²) in [6, 6.07) is 25.8. The van der Waals surface area contributed by atoms with Crippen molar-refractivity contribution in [2.24, 2.45) is 11.3 Å². The molecule has 0 saturated carbocycles. The van der Waals surface area contributed by atoms with Crippen LogP contribution < -0.4 is 0 Å². The van der Waals surface area contributed by atoms with Crippen molar-refractivity contribution >= 4 is 0 Å². The maximum atomic E-state index is 11.2. The minimum atomic E-state index is -0.357. The molecule has 1 N–H and O–H groups in total. The molecule has 3 aromatic carbocycles.